The van der Waals surface area contributed by atoms with Crippen molar-refractivity contribution in [2.45, 2.75) is 25.1 Å². The molecule has 0 bridgehead atoms. The zero-order valence-electron chi connectivity index (χ0n) is 16.5. The fourth-order valence-corrected chi connectivity index (χ4v) is 4.10. The number of aromatic amines is 1. The van der Waals surface area contributed by atoms with Crippen LogP contribution in [0.4, 0.5) is 5.82 Å². The SMILES string of the molecule is COC1(CNc2cc3n(n2)CCN(C(=O)c2cc4ccccc4[nH]2)C3)CCOC1. The van der Waals surface area contributed by atoms with Gasteiger partial charge in [0.05, 0.1) is 25.4 Å². The van der Waals surface area contributed by atoms with Crippen LogP contribution >= 0.6 is 0 Å². The molecule has 1 aromatic carbocycles. The zero-order chi connectivity index (χ0) is 19.8. The second kappa shape index (κ2) is 7.20. The van der Waals surface area contributed by atoms with Gasteiger partial charge in [0, 0.05) is 50.2 Å². The second-order valence-electron chi connectivity index (χ2n) is 7.78. The molecular formula is C21H25N5O3. The molecule has 2 aromatic heterocycles. The molecule has 1 unspecified atom stereocenters. The summed E-state index contributed by atoms with van der Waals surface area (Å²) in [4.78, 5) is 18.1. The monoisotopic (exact) mass is 395 g/mol. The number of ether oxygens (including phenoxy) is 2. The van der Waals surface area contributed by atoms with Crippen LogP contribution in [0.1, 0.15) is 22.6 Å². The van der Waals surface area contributed by atoms with Gasteiger partial charge in [-0.2, -0.15) is 5.10 Å². The molecule has 5 rings (SSSR count). The third-order valence-corrected chi connectivity index (χ3v) is 5.94. The van der Waals surface area contributed by atoms with Gasteiger partial charge >= 0.3 is 0 Å². The van der Waals surface area contributed by atoms with E-state index in [9.17, 15) is 4.79 Å². The van der Waals surface area contributed by atoms with Crippen molar-refractivity contribution in [1.82, 2.24) is 19.7 Å². The first kappa shape index (κ1) is 18.2. The van der Waals surface area contributed by atoms with E-state index < -0.39 is 0 Å². The minimum absolute atomic E-state index is 0.0181. The van der Waals surface area contributed by atoms with Crippen molar-refractivity contribution in [2.75, 3.05) is 38.7 Å². The Morgan fingerprint density at radius 3 is 3.03 bits per heavy atom. The Bertz CT molecular complexity index is 1000. The van der Waals surface area contributed by atoms with Gasteiger partial charge in [-0.25, -0.2) is 0 Å². The summed E-state index contributed by atoms with van der Waals surface area (Å²) >= 11 is 0. The minimum Gasteiger partial charge on any atom is -0.378 e. The quantitative estimate of drug-likeness (QED) is 0.692. The van der Waals surface area contributed by atoms with Gasteiger partial charge in [-0.3, -0.25) is 9.48 Å². The molecule has 0 saturated carbocycles. The number of nitrogens with zero attached hydrogens (tertiary/aromatic N) is 3. The summed E-state index contributed by atoms with van der Waals surface area (Å²) < 4.78 is 13.1. The second-order valence-corrected chi connectivity index (χ2v) is 7.78. The molecule has 4 heterocycles. The first-order valence-corrected chi connectivity index (χ1v) is 9.96. The number of carbonyl (C=O) groups is 1. The number of methoxy groups -OCH3 is 1. The number of fused-ring (bicyclic) bond motifs is 2. The van der Waals surface area contributed by atoms with Gasteiger partial charge in [-0.05, 0) is 12.1 Å². The van der Waals surface area contributed by atoms with Gasteiger partial charge in [0.15, 0.2) is 0 Å². The van der Waals surface area contributed by atoms with Crippen LogP contribution in [0.25, 0.3) is 10.9 Å². The number of benzene rings is 1. The van der Waals surface area contributed by atoms with Gasteiger partial charge in [-0.1, -0.05) is 18.2 Å². The summed E-state index contributed by atoms with van der Waals surface area (Å²) in [5, 5.41) is 9.07. The van der Waals surface area contributed by atoms with Gasteiger partial charge in [0.1, 0.15) is 17.1 Å². The Hall–Kier alpha value is -2.84. The highest BCUT2D eigenvalue weighted by Gasteiger charge is 2.35. The van der Waals surface area contributed by atoms with Crippen molar-refractivity contribution in [3.63, 3.8) is 0 Å². The average molecular weight is 395 g/mol. The topological polar surface area (TPSA) is 84.4 Å². The van der Waals surface area contributed by atoms with Gasteiger partial charge in [0.2, 0.25) is 0 Å². The fraction of sp³-hybridized carbons (Fsp3) is 0.429. The zero-order valence-corrected chi connectivity index (χ0v) is 16.5. The normalized spacial score (nSPS) is 21.5. The van der Waals surface area contributed by atoms with Gasteiger partial charge in [0.25, 0.3) is 5.91 Å². The predicted octanol–water partition coefficient (Wildman–Crippen LogP) is 2.24. The number of aromatic nitrogens is 3. The highest BCUT2D eigenvalue weighted by Crippen LogP contribution is 2.24. The van der Waals surface area contributed by atoms with Crippen molar-refractivity contribution < 1.29 is 14.3 Å². The number of rotatable bonds is 5. The number of hydrogen-bond acceptors (Lipinski definition) is 5. The molecule has 0 aliphatic carbocycles. The summed E-state index contributed by atoms with van der Waals surface area (Å²) in [5.41, 5.74) is 2.34. The molecule has 2 N–H and O–H groups in total. The van der Waals surface area contributed by atoms with E-state index in [0.29, 0.717) is 38.5 Å². The summed E-state index contributed by atoms with van der Waals surface area (Å²) in [6.07, 6.45) is 0.872. The fourth-order valence-electron chi connectivity index (χ4n) is 4.10. The van der Waals surface area contributed by atoms with Crippen molar-refractivity contribution in [3.8, 4) is 0 Å². The van der Waals surface area contributed by atoms with Gasteiger partial charge in [-0.15, -0.1) is 0 Å². The van der Waals surface area contributed by atoms with E-state index in [1.54, 1.807) is 7.11 Å². The van der Waals surface area contributed by atoms with Crippen LogP contribution in [0, 0.1) is 0 Å². The van der Waals surface area contributed by atoms with Gasteiger partial charge < -0.3 is 24.7 Å². The Kier molecular flexibility index (Phi) is 4.52. The van der Waals surface area contributed by atoms with Crippen molar-refractivity contribution in [2.24, 2.45) is 0 Å². The third-order valence-electron chi connectivity index (χ3n) is 5.94. The van der Waals surface area contributed by atoms with E-state index in [-0.39, 0.29) is 11.5 Å². The molecule has 0 radical (unpaired) electrons. The largest absolute Gasteiger partial charge is 0.378 e. The minimum atomic E-state index is -0.290. The molecule has 0 spiro atoms. The molecule has 29 heavy (non-hydrogen) atoms. The van der Waals surface area contributed by atoms with E-state index in [2.05, 4.69) is 15.4 Å². The first-order chi connectivity index (χ1) is 14.2. The van der Waals surface area contributed by atoms with Crippen LogP contribution in [0.2, 0.25) is 0 Å². The van der Waals surface area contributed by atoms with Crippen LogP contribution in [-0.2, 0) is 22.6 Å². The molecule has 8 nitrogen and oxygen atoms in total. The third kappa shape index (κ3) is 3.38. The Labute approximate surface area is 168 Å². The van der Waals surface area contributed by atoms with Crippen molar-refractivity contribution in [3.05, 3.63) is 47.8 Å². The number of anilines is 1. The molecule has 1 atom stereocenters. The van der Waals surface area contributed by atoms with E-state index >= 15 is 0 Å². The van der Waals surface area contributed by atoms with Crippen molar-refractivity contribution >= 4 is 22.6 Å². The molecule has 8 heteroatoms. The molecule has 2 aliphatic heterocycles. The van der Waals surface area contributed by atoms with E-state index in [4.69, 9.17) is 9.47 Å². The molecule has 1 saturated heterocycles. The molecule has 2 aliphatic rings. The summed E-state index contributed by atoms with van der Waals surface area (Å²) in [5.74, 6) is 0.827. The molecule has 3 aromatic rings. The van der Waals surface area contributed by atoms with Crippen LogP contribution in [0.15, 0.2) is 36.4 Å². The smallest absolute Gasteiger partial charge is 0.270 e. The van der Waals surface area contributed by atoms with E-state index in [1.807, 2.05) is 46.0 Å². The molecule has 1 amide bonds. The maximum atomic E-state index is 13.0. The molecule has 152 valence electrons. The van der Waals surface area contributed by atoms with Crippen molar-refractivity contribution in [1.29, 1.82) is 0 Å². The summed E-state index contributed by atoms with van der Waals surface area (Å²) in [6.45, 7) is 3.83. The number of hydrogen-bond donors (Lipinski definition) is 2. The Morgan fingerprint density at radius 1 is 1.34 bits per heavy atom. The highest BCUT2D eigenvalue weighted by atomic mass is 16.5. The number of H-pyrrole nitrogens is 1. The Balaban J connectivity index is 1.27. The molecular weight excluding hydrogens is 370 g/mol. The van der Waals surface area contributed by atoms with E-state index in [1.165, 1.54) is 0 Å². The standard InChI is InChI=1S/C21H25N5O3/c1-28-21(6-9-29-14-21)13-22-19-11-16-12-25(7-8-26(16)24-19)20(27)18-10-15-4-2-3-5-17(15)23-18/h2-5,10-11,23H,6-9,12-14H2,1H3,(H,22,24). The lowest BCUT2D eigenvalue weighted by molar-refractivity contribution is -0.00626. The predicted molar refractivity (Wildman–Crippen MR) is 109 cm³/mol. The Morgan fingerprint density at radius 2 is 2.24 bits per heavy atom. The van der Waals surface area contributed by atoms with Crippen LogP contribution in [0.3, 0.4) is 0 Å². The van der Waals surface area contributed by atoms with Crippen LogP contribution in [0.5, 0.6) is 0 Å². The lowest BCUT2D eigenvalue weighted by Crippen LogP contribution is -2.39. The lowest BCUT2D eigenvalue weighted by atomic mass is 10.0. The summed E-state index contributed by atoms with van der Waals surface area (Å²) in [6, 6.07) is 11.9. The average Bonchev–Trinajstić information content (AvgIpc) is 3.48. The maximum absolute atomic E-state index is 13.0. The number of amides is 1. The van der Waals surface area contributed by atoms with Crippen LogP contribution in [-0.4, -0.2) is 64.6 Å². The highest BCUT2D eigenvalue weighted by molar-refractivity contribution is 5.98. The summed E-state index contributed by atoms with van der Waals surface area (Å²) in [7, 11) is 1.72. The van der Waals surface area contributed by atoms with E-state index in [0.717, 1.165) is 35.4 Å². The van der Waals surface area contributed by atoms with Crippen LogP contribution < -0.4 is 5.32 Å². The number of carbonyl (C=O) groups excluding carboxylic acids is 1. The number of para-hydroxylation sites is 1. The lowest BCUT2D eigenvalue weighted by Gasteiger charge is -2.27. The first-order valence-electron chi connectivity index (χ1n) is 9.96. The maximum Gasteiger partial charge on any atom is 0.270 e. The molecule has 1 fully saturated rings. The number of nitrogens with one attached hydrogen (secondary N) is 2.